The number of ether oxygens (including phenoxy) is 2. The van der Waals surface area contributed by atoms with E-state index in [0.717, 1.165) is 41.3 Å². The predicted octanol–water partition coefficient (Wildman–Crippen LogP) is 5.27. The van der Waals surface area contributed by atoms with Gasteiger partial charge in [0.1, 0.15) is 23.4 Å². The molecule has 0 saturated heterocycles. The molecule has 2 aliphatic rings. The van der Waals surface area contributed by atoms with Crippen molar-refractivity contribution < 1.29 is 31.4 Å². The summed E-state index contributed by atoms with van der Waals surface area (Å²) in [6, 6.07) is 19.0. The lowest BCUT2D eigenvalue weighted by atomic mass is 10.0. The van der Waals surface area contributed by atoms with Crippen LogP contribution in [0.25, 0.3) is 0 Å². The van der Waals surface area contributed by atoms with E-state index in [1.807, 2.05) is 24.3 Å². The fourth-order valence-electron chi connectivity index (χ4n) is 6.70. The van der Waals surface area contributed by atoms with Crippen molar-refractivity contribution in [2.24, 2.45) is 0 Å². The number of tetrazole rings is 2. The largest absolute Gasteiger partial charge is 0.497 e. The van der Waals surface area contributed by atoms with Gasteiger partial charge in [0, 0.05) is 48.9 Å². The van der Waals surface area contributed by atoms with E-state index in [0.29, 0.717) is 37.8 Å². The van der Waals surface area contributed by atoms with Crippen LogP contribution in [0.2, 0.25) is 0 Å². The number of halogens is 5. The van der Waals surface area contributed by atoms with Gasteiger partial charge < -0.3 is 9.47 Å². The molecule has 0 bridgehead atoms. The average molecular weight is 733 g/mol. The lowest BCUT2D eigenvalue weighted by molar-refractivity contribution is 0.158. The van der Waals surface area contributed by atoms with E-state index in [4.69, 9.17) is 9.47 Å². The van der Waals surface area contributed by atoms with Crippen molar-refractivity contribution >= 4 is 0 Å². The van der Waals surface area contributed by atoms with Crippen LogP contribution in [0.15, 0.2) is 78.9 Å². The topological polar surface area (TPSA) is 112 Å². The molecule has 0 saturated carbocycles. The smallest absolute Gasteiger partial charge is 0.173 e. The highest BCUT2D eigenvalue weighted by atomic mass is 19.2. The van der Waals surface area contributed by atoms with E-state index < -0.39 is 29.3 Å². The van der Waals surface area contributed by atoms with E-state index in [1.54, 1.807) is 29.9 Å². The summed E-state index contributed by atoms with van der Waals surface area (Å²) in [5.74, 6) is -1.70. The highest BCUT2D eigenvalue weighted by Crippen LogP contribution is 2.35. The summed E-state index contributed by atoms with van der Waals surface area (Å²) in [5, 5.41) is 23.4. The van der Waals surface area contributed by atoms with Gasteiger partial charge in [0.2, 0.25) is 0 Å². The summed E-state index contributed by atoms with van der Waals surface area (Å²) in [6.45, 7) is 2.76. The third-order valence-corrected chi connectivity index (χ3v) is 9.25. The number of hydrogen-bond donors (Lipinski definition) is 0. The first kappa shape index (κ1) is 35.6. The van der Waals surface area contributed by atoms with Crippen LogP contribution < -0.4 is 9.47 Å². The van der Waals surface area contributed by atoms with Gasteiger partial charge in [-0.05, 0) is 56.7 Å². The fraction of sp³-hybridized carbons (Fsp3) is 0.278. The maximum Gasteiger partial charge on any atom is 0.173 e. The van der Waals surface area contributed by atoms with E-state index in [9.17, 15) is 22.0 Å². The zero-order chi connectivity index (χ0) is 37.1. The van der Waals surface area contributed by atoms with E-state index in [1.165, 1.54) is 41.1 Å². The van der Waals surface area contributed by atoms with Crippen LogP contribution in [-0.2, 0) is 26.2 Å². The molecule has 8 rings (SSSR count). The third kappa shape index (κ3) is 7.30. The fourth-order valence-corrected chi connectivity index (χ4v) is 6.70. The molecule has 4 aromatic carbocycles. The third-order valence-electron chi connectivity index (χ3n) is 9.25. The van der Waals surface area contributed by atoms with Gasteiger partial charge in [-0.2, -0.15) is 0 Å². The monoisotopic (exact) mass is 732 g/mol. The van der Waals surface area contributed by atoms with Gasteiger partial charge in [0.15, 0.2) is 34.9 Å². The van der Waals surface area contributed by atoms with Gasteiger partial charge in [0.25, 0.3) is 0 Å². The van der Waals surface area contributed by atoms with Crippen LogP contribution in [0, 0.1) is 29.1 Å². The molecule has 6 aromatic rings. The van der Waals surface area contributed by atoms with Gasteiger partial charge in [-0.15, -0.1) is 10.2 Å². The van der Waals surface area contributed by atoms with Crippen LogP contribution in [0.1, 0.15) is 46.0 Å². The number of hydrogen-bond acceptors (Lipinski definition) is 10. The number of methoxy groups -OCH3 is 2. The highest BCUT2D eigenvalue weighted by Gasteiger charge is 2.35. The first-order chi connectivity index (χ1) is 25.7. The maximum atomic E-state index is 14.4. The molecule has 12 nitrogen and oxygen atoms in total. The highest BCUT2D eigenvalue weighted by molar-refractivity contribution is 5.41. The minimum Gasteiger partial charge on any atom is -0.497 e. The lowest BCUT2D eigenvalue weighted by Crippen LogP contribution is -2.39. The second-order valence-corrected chi connectivity index (χ2v) is 12.4. The van der Waals surface area contributed by atoms with Crippen molar-refractivity contribution in [1.82, 2.24) is 50.2 Å². The quantitative estimate of drug-likeness (QED) is 0.192. The Morgan fingerprint density at radius 2 is 1.25 bits per heavy atom. The molecule has 53 heavy (non-hydrogen) atoms. The first-order valence-corrected chi connectivity index (χ1v) is 16.6. The SMILES string of the molecule is COc1ccc(CN2CCn3nnnc3C2c2cccc(F)c2)c(OC)c1.Fc1cccc(CN2CCn3nnnc3C2c2cccc(F)c2F)c1F. The van der Waals surface area contributed by atoms with E-state index >= 15 is 0 Å². The van der Waals surface area contributed by atoms with Gasteiger partial charge in [-0.25, -0.2) is 31.3 Å². The number of nitrogens with zero attached hydrogens (tertiary/aromatic N) is 10. The van der Waals surface area contributed by atoms with Crippen LogP contribution in [0.5, 0.6) is 11.5 Å². The number of rotatable bonds is 8. The van der Waals surface area contributed by atoms with Crippen LogP contribution in [-0.4, -0.2) is 77.5 Å². The molecule has 0 spiro atoms. The molecule has 2 aliphatic heterocycles. The van der Waals surface area contributed by atoms with Crippen molar-refractivity contribution in [3.63, 3.8) is 0 Å². The predicted molar refractivity (Wildman–Crippen MR) is 179 cm³/mol. The van der Waals surface area contributed by atoms with Crippen molar-refractivity contribution in [2.75, 3.05) is 27.3 Å². The Kier molecular flexibility index (Phi) is 10.4. The first-order valence-electron chi connectivity index (χ1n) is 16.6. The normalized spacial score (nSPS) is 17.0. The molecular weight excluding hydrogens is 699 g/mol. The number of aromatic nitrogens is 8. The Labute approximate surface area is 300 Å². The average Bonchev–Trinajstić information content (AvgIpc) is 3.85. The minimum absolute atomic E-state index is 0.00290. The van der Waals surface area contributed by atoms with E-state index in [-0.39, 0.29) is 29.5 Å². The summed E-state index contributed by atoms with van der Waals surface area (Å²) < 4.78 is 83.7. The molecule has 0 fully saturated rings. The van der Waals surface area contributed by atoms with E-state index in [2.05, 4.69) is 36.0 Å². The zero-order valence-corrected chi connectivity index (χ0v) is 28.6. The molecule has 0 aliphatic carbocycles. The second kappa shape index (κ2) is 15.4. The van der Waals surface area contributed by atoms with Gasteiger partial charge in [-0.3, -0.25) is 9.80 Å². The summed E-state index contributed by atoms with van der Waals surface area (Å²) >= 11 is 0. The zero-order valence-electron chi connectivity index (χ0n) is 28.6. The summed E-state index contributed by atoms with van der Waals surface area (Å²) in [4.78, 5) is 3.92. The number of benzene rings is 4. The number of fused-ring (bicyclic) bond motifs is 2. The van der Waals surface area contributed by atoms with Gasteiger partial charge in [-0.1, -0.05) is 42.5 Å². The van der Waals surface area contributed by atoms with Crippen LogP contribution >= 0.6 is 0 Å². The van der Waals surface area contributed by atoms with Gasteiger partial charge in [0.05, 0.1) is 33.4 Å². The van der Waals surface area contributed by atoms with Crippen LogP contribution in [0.3, 0.4) is 0 Å². The molecule has 2 aromatic heterocycles. The molecule has 2 atom stereocenters. The molecule has 17 heteroatoms. The van der Waals surface area contributed by atoms with Gasteiger partial charge >= 0.3 is 0 Å². The molecule has 4 heterocycles. The van der Waals surface area contributed by atoms with Crippen molar-refractivity contribution in [2.45, 2.75) is 38.3 Å². The molecule has 0 radical (unpaired) electrons. The van der Waals surface area contributed by atoms with Crippen molar-refractivity contribution in [3.05, 3.63) is 142 Å². The summed E-state index contributed by atoms with van der Waals surface area (Å²) in [7, 11) is 3.26. The Morgan fingerprint density at radius 3 is 1.92 bits per heavy atom. The molecular formula is C36H33F5N10O2. The molecule has 0 N–H and O–H groups in total. The van der Waals surface area contributed by atoms with Crippen molar-refractivity contribution in [1.29, 1.82) is 0 Å². The summed E-state index contributed by atoms with van der Waals surface area (Å²) in [6.07, 6.45) is 0. The standard InChI is InChI=1S/C19H20FN5O2.C17H13F4N5/c1-26-16-7-6-14(17(11-16)27-2)12-24-8-9-25-19(21-22-23-25)18(24)13-4-3-5-15(20)10-13;18-12-5-1-3-10(14(12)20)9-25-7-8-26-17(22-23-24-26)16(25)11-4-2-6-13(19)15(11)21/h3-7,10-11,18H,8-9,12H2,1-2H3;1-6,16H,7-9H2. The minimum atomic E-state index is -1.02. The Morgan fingerprint density at radius 1 is 0.623 bits per heavy atom. The maximum absolute atomic E-state index is 14.4. The van der Waals surface area contributed by atoms with Crippen molar-refractivity contribution in [3.8, 4) is 11.5 Å². The molecule has 0 amide bonds. The molecule has 274 valence electrons. The van der Waals surface area contributed by atoms with Crippen LogP contribution in [0.4, 0.5) is 22.0 Å². The lowest BCUT2D eigenvalue weighted by Gasteiger charge is -2.35. The Bertz CT molecular complexity index is 2220. The Hall–Kier alpha value is -5.81. The second-order valence-electron chi connectivity index (χ2n) is 12.4. The Balaban J connectivity index is 0.000000164. The molecule has 2 unspecified atom stereocenters. The summed E-state index contributed by atoms with van der Waals surface area (Å²) in [5.41, 5.74) is 1.99.